The maximum absolute atomic E-state index is 11.6. The van der Waals surface area contributed by atoms with Crippen molar-refractivity contribution in [3.63, 3.8) is 0 Å². The predicted molar refractivity (Wildman–Crippen MR) is 87.4 cm³/mol. The molecular formula is C16H18N2O4S. The Morgan fingerprint density at radius 2 is 2.17 bits per heavy atom. The normalized spacial score (nSPS) is 10.7. The summed E-state index contributed by atoms with van der Waals surface area (Å²) in [6, 6.07) is 7.48. The number of benzene rings is 1. The number of nitrogens with one attached hydrogen (secondary N) is 1. The first kappa shape index (κ1) is 17.1. The number of carboxylic acid groups (broad SMARTS) is 1. The number of carbonyl (C=O) groups is 2. The van der Waals surface area contributed by atoms with Crippen molar-refractivity contribution >= 4 is 23.2 Å². The molecule has 0 aliphatic carbocycles. The van der Waals surface area contributed by atoms with E-state index in [0.29, 0.717) is 11.6 Å². The Morgan fingerprint density at radius 3 is 2.83 bits per heavy atom. The molecule has 1 heterocycles. The van der Waals surface area contributed by atoms with E-state index in [-0.39, 0.29) is 24.3 Å². The number of carbonyl (C=O) groups excluding carboxylic acids is 1. The molecule has 1 aromatic carbocycles. The fourth-order valence-corrected chi connectivity index (χ4v) is 2.60. The molecular weight excluding hydrogens is 316 g/mol. The Bertz CT molecular complexity index is 697. The van der Waals surface area contributed by atoms with Crippen LogP contribution < -0.4 is 5.32 Å². The van der Waals surface area contributed by atoms with Gasteiger partial charge in [0.1, 0.15) is 11.6 Å². The van der Waals surface area contributed by atoms with Crippen LogP contribution in [-0.4, -0.2) is 34.7 Å². The summed E-state index contributed by atoms with van der Waals surface area (Å²) in [6.07, 6.45) is 0.0115. The zero-order valence-corrected chi connectivity index (χ0v) is 13.7. The van der Waals surface area contributed by atoms with Gasteiger partial charge in [0.15, 0.2) is 5.69 Å². The third-order valence-electron chi connectivity index (χ3n) is 2.93. The summed E-state index contributed by atoms with van der Waals surface area (Å²) in [5.41, 5.74) is 1.77. The lowest BCUT2D eigenvalue weighted by molar-refractivity contribution is -0.127. The minimum absolute atomic E-state index is 0.0115. The van der Waals surface area contributed by atoms with Gasteiger partial charge < -0.3 is 15.2 Å². The van der Waals surface area contributed by atoms with E-state index in [2.05, 4.69) is 10.3 Å². The highest BCUT2D eigenvalue weighted by molar-refractivity contribution is 7.13. The molecule has 0 radical (unpaired) electrons. The molecule has 1 amide bonds. The summed E-state index contributed by atoms with van der Waals surface area (Å²) in [4.78, 5) is 26.6. The second-order valence-electron chi connectivity index (χ2n) is 5.18. The van der Waals surface area contributed by atoms with Crippen LogP contribution in [0.5, 0.6) is 0 Å². The standard InChI is InChI=1S/C16H18N2O4S/c1-10(2)22-8-14(19)17-7-11-4-3-5-12(6-11)15-18-13(9-23-15)16(20)21/h3-6,9-10H,7-8H2,1-2H3,(H,17,19)(H,20,21). The van der Waals surface area contributed by atoms with Crippen LogP contribution in [0.25, 0.3) is 10.6 Å². The average Bonchev–Trinajstić information content (AvgIpc) is 3.01. The highest BCUT2D eigenvalue weighted by atomic mass is 32.1. The Balaban J connectivity index is 1.99. The first-order valence-corrected chi connectivity index (χ1v) is 8.00. The van der Waals surface area contributed by atoms with E-state index in [1.165, 1.54) is 16.7 Å². The largest absolute Gasteiger partial charge is 0.476 e. The molecule has 0 bridgehead atoms. The van der Waals surface area contributed by atoms with Crippen molar-refractivity contribution in [1.29, 1.82) is 0 Å². The van der Waals surface area contributed by atoms with Gasteiger partial charge in [-0.05, 0) is 25.5 Å². The SMILES string of the molecule is CC(C)OCC(=O)NCc1cccc(-c2nc(C(=O)O)cs2)c1. The predicted octanol–water partition coefficient (Wildman–Crippen LogP) is 2.55. The molecule has 23 heavy (non-hydrogen) atoms. The minimum Gasteiger partial charge on any atom is -0.476 e. The zero-order valence-electron chi connectivity index (χ0n) is 12.9. The molecule has 0 aliphatic rings. The van der Waals surface area contributed by atoms with Gasteiger partial charge in [-0.1, -0.05) is 18.2 Å². The third kappa shape index (κ3) is 5.15. The second-order valence-corrected chi connectivity index (χ2v) is 6.04. The van der Waals surface area contributed by atoms with Gasteiger partial charge in [-0.2, -0.15) is 0 Å². The van der Waals surface area contributed by atoms with E-state index in [9.17, 15) is 9.59 Å². The lowest BCUT2D eigenvalue weighted by Gasteiger charge is -2.09. The van der Waals surface area contributed by atoms with Gasteiger partial charge in [0.2, 0.25) is 5.91 Å². The molecule has 0 unspecified atom stereocenters. The van der Waals surface area contributed by atoms with Crippen LogP contribution in [0.1, 0.15) is 29.9 Å². The summed E-state index contributed by atoms with van der Waals surface area (Å²) in [5.74, 6) is -1.22. The number of ether oxygens (including phenoxy) is 1. The van der Waals surface area contributed by atoms with E-state index in [1.54, 1.807) is 0 Å². The topological polar surface area (TPSA) is 88.5 Å². The van der Waals surface area contributed by atoms with Crippen molar-refractivity contribution in [1.82, 2.24) is 10.3 Å². The zero-order chi connectivity index (χ0) is 16.8. The van der Waals surface area contributed by atoms with Crippen LogP contribution >= 0.6 is 11.3 Å². The van der Waals surface area contributed by atoms with Gasteiger partial charge in [0.05, 0.1) is 6.10 Å². The van der Waals surface area contributed by atoms with Crippen LogP contribution in [0.2, 0.25) is 0 Å². The Morgan fingerprint density at radius 1 is 1.39 bits per heavy atom. The molecule has 122 valence electrons. The number of aromatic nitrogens is 1. The molecule has 0 spiro atoms. The van der Waals surface area contributed by atoms with E-state index in [0.717, 1.165) is 11.1 Å². The molecule has 0 saturated carbocycles. The first-order valence-electron chi connectivity index (χ1n) is 7.12. The van der Waals surface area contributed by atoms with Gasteiger partial charge in [0.25, 0.3) is 0 Å². The molecule has 7 heteroatoms. The van der Waals surface area contributed by atoms with E-state index < -0.39 is 5.97 Å². The summed E-state index contributed by atoms with van der Waals surface area (Å²) >= 11 is 1.28. The number of aromatic carboxylic acids is 1. The first-order chi connectivity index (χ1) is 11.0. The smallest absolute Gasteiger partial charge is 0.355 e. The summed E-state index contributed by atoms with van der Waals surface area (Å²) in [5, 5.41) is 13.8. The Labute approximate surface area is 138 Å². The Kier molecular flexibility index (Phi) is 5.84. The maximum atomic E-state index is 11.6. The van der Waals surface area contributed by atoms with Crippen LogP contribution in [0.4, 0.5) is 0 Å². The fourth-order valence-electron chi connectivity index (χ4n) is 1.81. The number of hydrogen-bond donors (Lipinski definition) is 2. The number of thiazole rings is 1. The van der Waals surface area contributed by atoms with Crippen LogP contribution in [0, 0.1) is 0 Å². The van der Waals surface area contributed by atoms with Gasteiger partial charge in [-0.25, -0.2) is 9.78 Å². The van der Waals surface area contributed by atoms with E-state index in [4.69, 9.17) is 9.84 Å². The lowest BCUT2D eigenvalue weighted by atomic mass is 10.1. The highest BCUT2D eigenvalue weighted by Crippen LogP contribution is 2.24. The molecule has 6 nitrogen and oxygen atoms in total. The van der Waals surface area contributed by atoms with Crippen molar-refractivity contribution in [2.45, 2.75) is 26.5 Å². The summed E-state index contributed by atoms with van der Waals surface area (Å²) in [6.45, 7) is 4.16. The highest BCUT2D eigenvalue weighted by Gasteiger charge is 2.10. The van der Waals surface area contributed by atoms with Gasteiger partial charge in [-0.15, -0.1) is 11.3 Å². The second kappa shape index (κ2) is 7.85. The molecule has 2 aromatic rings. The molecule has 0 fully saturated rings. The van der Waals surface area contributed by atoms with Crippen LogP contribution in [0.15, 0.2) is 29.6 Å². The van der Waals surface area contributed by atoms with Crippen molar-refractivity contribution in [2.24, 2.45) is 0 Å². The monoisotopic (exact) mass is 334 g/mol. The lowest BCUT2D eigenvalue weighted by Crippen LogP contribution is -2.28. The number of rotatable bonds is 7. The maximum Gasteiger partial charge on any atom is 0.355 e. The van der Waals surface area contributed by atoms with E-state index >= 15 is 0 Å². The van der Waals surface area contributed by atoms with Crippen molar-refractivity contribution in [2.75, 3.05) is 6.61 Å². The summed E-state index contributed by atoms with van der Waals surface area (Å²) in [7, 11) is 0. The average molecular weight is 334 g/mol. The van der Waals surface area contributed by atoms with Gasteiger partial charge >= 0.3 is 5.97 Å². The molecule has 2 rings (SSSR count). The molecule has 2 N–H and O–H groups in total. The Hall–Kier alpha value is -2.25. The number of nitrogens with zero attached hydrogens (tertiary/aromatic N) is 1. The van der Waals surface area contributed by atoms with Gasteiger partial charge in [0, 0.05) is 17.5 Å². The van der Waals surface area contributed by atoms with Crippen molar-refractivity contribution < 1.29 is 19.4 Å². The van der Waals surface area contributed by atoms with Crippen molar-refractivity contribution in [3.8, 4) is 10.6 Å². The molecule has 0 atom stereocenters. The minimum atomic E-state index is -1.04. The van der Waals surface area contributed by atoms with Crippen LogP contribution in [-0.2, 0) is 16.1 Å². The molecule has 1 aromatic heterocycles. The third-order valence-corrected chi connectivity index (χ3v) is 3.83. The number of hydrogen-bond acceptors (Lipinski definition) is 5. The number of carboxylic acids is 1. The molecule has 0 aliphatic heterocycles. The van der Waals surface area contributed by atoms with Crippen molar-refractivity contribution in [3.05, 3.63) is 40.9 Å². The van der Waals surface area contributed by atoms with E-state index in [1.807, 2.05) is 38.1 Å². The summed E-state index contributed by atoms with van der Waals surface area (Å²) < 4.78 is 5.23. The number of amides is 1. The fraction of sp³-hybridized carbons (Fsp3) is 0.312. The molecule has 0 saturated heterocycles. The van der Waals surface area contributed by atoms with Gasteiger partial charge in [-0.3, -0.25) is 4.79 Å². The quantitative estimate of drug-likeness (QED) is 0.812. The van der Waals surface area contributed by atoms with Crippen LogP contribution in [0.3, 0.4) is 0 Å².